The highest BCUT2D eigenvalue weighted by Gasteiger charge is 2.08. The van der Waals surface area contributed by atoms with E-state index in [0.717, 1.165) is 16.2 Å². The van der Waals surface area contributed by atoms with Crippen molar-refractivity contribution in [3.63, 3.8) is 0 Å². The summed E-state index contributed by atoms with van der Waals surface area (Å²) in [7, 11) is 0. The predicted molar refractivity (Wildman–Crippen MR) is 67.6 cm³/mol. The Morgan fingerprint density at radius 3 is 2.75 bits per heavy atom. The molecule has 0 spiro atoms. The molecule has 2 nitrogen and oxygen atoms in total. The fourth-order valence-electron chi connectivity index (χ4n) is 1.68. The average Bonchev–Trinajstić information content (AvgIpc) is 2.73. The molecule has 0 unspecified atom stereocenters. The van der Waals surface area contributed by atoms with Crippen molar-refractivity contribution >= 4 is 21.6 Å². The molecule has 16 heavy (non-hydrogen) atoms. The number of aromatic nitrogens is 2. The van der Waals surface area contributed by atoms with Gasteiger partial charge >= 0.3 is 0 Å². The van der Waals surface area contributed by atoms with Crippen LogP contribution in [0.15, 0.2) is 42.6 Å². The molecule has 1 aromatic carbocycles. The van der Waals surface area contributed by atoms with Gasteiger partial charge in [-0.1, -0.05) is 18.2 Å². The molecule has 0 aliphatic heterocycles. The molecule has 0 N–H and O–H groups in total. The average molecular weight is 226 g/mol. The van der Waals surface area contributed by atoms with Gasteiger partial charge in [-0.05, 0) is 30.7 Å². The number of hydrogen-bond acceptors (Lipinski definition) is 3. The zero-order chi connectivity index (χ0) is 11.0. The van der Waals surface area contributed by atoms with E-state index in [4.69, 9.17) is 0 Å². The quantitative estimate of drug-likeness (QED) is 0.632. The molecule has 0 saturated carbocycles. The fourth-order valence-corrected chi connectivity index (χ4v) is 2.71. The van der Waals surface area contributed by atoms with Gasteiger partial charge in [-0.15, -0.1) is 11.3 Å². The highest BCUT2D eigenvalue weighted by atomic mass is 32.1. The van der Waals surface area contributed by atoms with Crippen LogP contribution in [0.3, 0.4) is 0 Å². The lowest BCUT2D eigenvalue weighted by Crippen LogP contribution is -1.85. The van der Waals surface area contributed by atoms with Gasteiger partial charge in [0.15, 0.2) is 0 Å². The van der Waals surface area contributed by atoms with E-state index in [-0.39, 0.29) is 0 Å². The van der Waals surface area contributed by atoms with Gasteiger partial charge in [0, 0.05) is 6.20 Å². The Balaban J connectivity index is 2.23. The summed E-state index contributed by atoms with van der Waals surface area (Å²) < 4.78 is 1.21. The third kappa shape index (κ3) is 1.49. The lowest BCUT2D eigenvalue weighted by Gasteiger charge is -1.98. The smallest absolute Gasteiger partial charge is 0.143 e. The van der Waals surface area contributed by atoms with Gasteiger partial charge in [0.05, 0.1) is 10.2 Å². The number of aryl methyl sites for hydroxylation is 1. The molecule has 3 rings (SSSR count). The lowest BCUT2D eigenvalue weighted by molar-refractivity contribution is 1.26. The molecule has 0 bridgehead atoms. The first-order valence-corrected chi connectivity index (χ1v) is 5.94. The standard InChI is InChI=1S/C13H10N2S/c1-9-5-4-8-14-12(9)13-15-10-6-2-3-7-11(10)16-13/h2-8H,1H3. The van der Waals surface area contributed by atoms with Crippen molar-refractivity contribution < 1.29 is 0 Å². The number of rotatable bonds is 1. The van der Waals surface area contributed by atoms with Crippen molar-refractivity contribution in [2.24, 2.45) is 0 Å². The number of thiazole rings is 1. The largest absolute Gasteiger partial charge is 0.253 e. The topological polar surface area (TPSA) is 25.8 Å². The van der Waals surface area contributed by atoms with Crippen LogP contribution >= 0.6 is 11.3 Å². The van der Waals surface area contributed by atoms with Crippen LogP contribution in [-0.4, -0.2) is 9.97 Å². The second-order valence-electron chi connectivity index (χ2n) is 3.66. The molecule has 2 heterocycles. The zero-order valence-corrected chi connectivity index (χ0v) is 9.66. The predicted octanol–water partition coefficient (Wildman–Crippen LogP) is 3.67. The van der Waals surface area contributed by atoms with E-state index >= 15 is 0 Å². The maximum atomic E-state index is 4.60. The summed E-state index contributed by atoms with van der Waals surface area (Å²) in [4.78, 5) is 8.99. The number of pyridine rings is 1. The molecule has 0 aliphatic rings. The Hall–Kier alpha value is -1.74. The fraction of sp³-hybridized carbons (Fsp3) is 0.0769. The van der Waals surface area contributed by atoms with E-state index in [1.165, 1.54) is 10.3 Å². The van der Waals surface area contributed by atoms with Gasteiger partial charge < -0.3 is 0 Å². The third-order valence-electron chi connectivity index (χ3n) is 2.51. The maximum absolute atomic E-state index is 4.60. The maximum Gasteiger partial charge on any atom is 0.143 e. The summed E-state index contributed by atoms with van der Waals surface area (Å²) in [6.45, 7) is 2.06. The lowest BCUT2D eigenvalue weighted by atomic mass is 10.2. The van der Waals surface area contributed by atoms with E-state index in [0.29, 0.717) is 0 Å². The van der Waals surface area contributed by atoms with Crippen LogP contribution in [0.4, 0.5) is 0 Å². The van der Waals surface area contributed by atoms with E-state index in [9.17, 15) is 0 Å². The first-order chi connectivity index (χ1) is 7.84. The molecule has 3 heteroatoms. The van der Waals surface area contributed by atoms with Gasteiger partial charge in [0.2, 0.25) is 0 Å². The molecule has 78 valence electrons. The number of fused-ring (bicyclic) bond motifs is 1. The molecule has 0 atom stereocenters. The summed E-state index contributed by atoms with van der Waals surface area (Å²) in [6, 6.07) is 12.2. The Morgan fingerprint density at radius 1 is 1.06 bits per heavy atom. The van der Waals surface area contributed by atoms with Crippen molar-refractivity contribution in [3.05, 3.63) is 48.2 Å². The van der Waals surface area contributed by atoms with Crippen LogP contribution in [0, 0.1) is 6.92 Å². The molecule has 0 saturated heterocycles. The summed E-state index contributed by atoms with van der Waals surface area (Å²) in [5.74, 6) is 0. The van der Waals surface area contributed by atoms with Crippen LogP contribution < -0.4 is 0 Å². The number of nitrogens with zero attached hydrogens (tertiary/aromatic N) is 2. The second-order valence-corrected chi connectivity index (χ2v) is 4.69. The van der Waals surface area contributed by atoms with Crippen LogP contribution in [0.2, 0.25) is 0 Å². The number of benzene rings is 1. The minimum absolute atomic E-state index is 0.990. The number of para-hydroxylation sites is 1. The van der Waals surface area contributed by atoms with Gasteiger partial charge in [-0.3, -0.25) is 4.98 Å². The van der Waals surface area contributed by atoms with Gasteiger partial charge in [0.25, 0.3) is 0 Å². The van der Waals surface area contributed by atoms with Gasteiger partial charge in [-0.25, -0.2) is 4.98 Å². The molecule has 3 aromatic rings. The van der Waals surface area contributed by atoms with E-state index in [1.807, 2.05) is 30.5 Å². The highest BCUT2D eigenvalue weighted by Crippen LogP contribution is 2.30. The normalized spacial score (nSPS) is 10.8. The van der Waals surface area contributed by atoms with E-state index < -0.39 is 0 Å². The van der Waals surface area contributed by atoms with E-state index in [1.54, 1.807) is 11.3 Å². The van der Waals surface area contributed by atoms with Crippen LogP contribution in [0.25, 0.3) is 20.9 Å². The SMILES string of the molecule is Cc1cccnc1-c1nc2ccccc2s1. The first kappa shape index (κ1) is 9.48. The molecule has 2 aromatic heterocycles. The summed E-state index contributed by atoms with van der Waals surface area (Å²) in [6.07, 6.45) is 1.81. The van der Waals surface area contributed by atoms with E-state index in [2.05, 4.69) is 29.0 Å². The van der Waals surface area contributed by atoms with Crippen molar-refractivity contribution in [2.45, 2.75) is 6.92 Å². The van der Waals surface area contributed by atoms with Crippen molar-refractivity contribution in [1.82, 2.24) is 9.97 Å². The molecular weight excluding hydrogens is 216 g/mol. The minimum Gasteiger partial charge on any atom is -0.253 e. The molecule has 0 aliphatic carbocycles. The van der Waals surface area contributed by atoms with Gasteiger partial charge in [0.1, 0.15) is 10.7 Å². The summed E-state index contributed by atoms with van der Waals surface area (Å²) >= 11 is 1.69. The zero-order valence-electron chi connectivity index (χ0n) is 8.84. The Morgan fingerprint density at radius 2 is 1.94 bits per heavy atom. The Bertz CT molecular complexity index is 610. The third-order valence-corrected chi connectivity index (χ3v) is 3.55. The van der Waals surface area contributed by atoms with Crippen LogP contribution in [-0.2, 0) is 0 Å². The summed E-state index contributed by atoms with van der Waals surface area (Å²) in [5.41, 5.74) is 3.21. The molecular formula is C13H10N2S. The van der Waals surface area contributed by atoms with Gasteiger partial charge in [-0.2, -0.15) is 0 Å². The van der Waals surface area contributed by atoms with Crippen LogP contribution in [0.5, 0.6) is 0 Å². The molecule has 0 fully saturated rings. The second kappa shape index (κ2) is 3.68. The first-order valence-electron chi connectivity index (χ1n) is 5.12. The molecule has 0 amide bonds. The van der Waals surface area contributed by atoms with Crippen molar-refractivity contribution in [1.29, 1.82) is 0 Å². The number of hydrogen-bond donors (Lipinski definition) is 0. The minimum atomic E-state index is 0.990. The summed E-state index contributed by atoms with van der Waals surface area (Å²) in [5, 5.41) is 0.999. The highest BCUT2D eigenvalue weighted by molar-refractivity contribution is 7.21. The monoisotopic (exact) mass is 226 g/mol. The van der Waals surface area contributed by atoms with Crippen molar-refractivity contribution in [3.8, 4) is 10.7 Å². The molecule has 0 radical (unpaired) electrons. The Labute approximate surface area is 97.6 Å². The van der Waals surface area contributed by atoms with Crippen LogP contribution in [0.1, 0.15) is 5.56 Å². The Kier molecular flexibility index (Phi) is 2.18. The van der Waals surface area contributed by atoms with Crippen molar-refractivity contribution in [2.75, 3.05) is 0 Å².